The topological polar surface area (TPSA) is 126 Å². The number of benzene rings is 2. The minimum atomic E-state index is -1.14. The molecule has 3 atom stereocenters. The van der Waals surface area contributed by atoms with Gasteiger partial charge in [0.05, 0.1) is 24.0 Å². The number of guanidine groups is 1. The second kappa shape index (κ2) is 10.0. The van der Waals surface area contributed by atoms with Gasteiger partial charge in [-0.2, -0.15) is 0 Å². The molecule has 0 bridgehead atoms. The molecular weight excluding hydrogens is 527 g/mol. The van der Waals surface area contributed by atoms with Crippen LogP contribution in [0.15, 0.2) is 41.4 Å². The van der Waals surface area contributed by atoms with Gasteiger partial charge in [-0.05, 0) is 76.9 Å². The molecule has 0 aliphatic carbocycles. The Hall–Kier alpha value is -3.66. The fraction of sp³-hybridized carbons (Fsp3) is 0.516. The van der Waals surface area contributed by atoms with Gasteiger partial charge in [0.25, 0.3) is 5.91 Å². The highest BCUT2D eigenvalue weighted by Gasteiger charge is 2.47. The number of fused-ring (bicyclic) bond motifs is 2. The van der Waals surface area contributed by atoms with E-state index >= 15 is 0 Å². The normalized spacial score (nSPS) is 25.7. The van der Waals surface area contributed by atoms with Gasteiger partial charge in [0.15, 0.2) is 5.96 Å². The van der Waals surface area contributed by atoms with E-state index in [2.05, 4.69) is 10.3 Å². The number of carbonyl (C=O) groups is 2. The van der Waals surface area contributed by atoms with E-state index in [4.69, 9.17) is 15.2 Å². The SMILES string of the molecule is CCC1(CC)C[C@@H](N2C(=O)CC(C)(C)N=C2N)c2cc(C(=O)N[C@@H]3c4cc(F)ccc4OC(C)(C)[C@H]3O)ccc2O1. The molecule has 41 heavy (non-hydrogen) atoms. The van der Waals surface area contributed by atoms with Gasteiger partial charge in [-0.15, -0.1) is 0 Å². The molecule has 3 aliphatic heterocycles. The summed E-state index contributed by atoms with van der Waals surface area (Å²) >= 11 is 0. The Morgan fingerprint density at radius 3 is 2.41 bits per heavy atom. The summed E-state index contributed by atoms with van der Waals surface area (Å²) in [5.74, 6) is -0.00155. The van der Waals surface area contributed by atoms with Crippen LogP contribution in [0.1, 0.15) is 101 Å². The average Bonchev–Trinajstić information content (AvgIpc) is 2.90. The maximum atomic E-state index is 14.2. The number of nitrogens with one attached hydrogen (secondary N) is 1. The molecule has 9 nitrogen and oxygen atoms in total. The van der Waals surface area contributed by atoms with Crippen LogP contribution in [-0.4, -0.2) is 50.6 Å². The third kappa shape index (κ3) is 5.14. The summed E-state index contributed by atoms with van der Waals surface area (Å²) in [6, 6.07) is 7.72. The molecule has 2 aromatic carbocycles. The lowest BCUT2D eigenvalue weighted by molar-refractivity contribution is -0.132. The zero-order valence-electron chi connectivity index (χ0n) is 24.5. The molecule has 3 heterocycles. The molecule has 0 fully saturated rings. The number of amides is 2. The predicted molar refractivity (Wildman–Crippen MR) is 152 cm³/mol. The number of aliphatic hydroxyl groups is 1. The fourth-order valence-corrected chi connectivity index (χ4v) is 6.17. The molecule has 10 heteroatoms. The van der Waals surface area contributed by atoms with Crippen LogP contribution in [0.4, 0.5) is 4.39 Å². The zero-order valence-corrected chi connectivity index (χ0v) is 24.5. The highest BCUT2D eigenvalue weighted by Crippen LogP contribution is 2.47. The molecule has 4 N–H and O–H groups in total. The van der Waals surface area contributed by atoms with E-state index in [1.165, 1.54) is 23.1 Å². The van der Waals surface area contributed by atoms with Crippen molar-refractivity contribution in [3.63, 3.8) is 0 Å². The van der Waals surface area contributed by atoms with Crippen LogP contribution >= 0.6 is 0 Å². The number of nitrogens with zero attached hydrogens (tertiary/aromatic N) is 2. The van der Waals surface area contributed by atoms with E-state index < -0.39 is 46.7 Å². The van der Waals surface area contributed by atoms with Gasteiger partial charge in [0.1, 0.15) is 34.6 Å². The summed E-state index contributed by atoms with van der Waals surface area (Å²) in [5, 5.41) is 14.0. The number of ether oxygens (including phenoxy) is 2. The first-order valence-corrected chi connectivity index (χ1v) is 14.2. The van der Waals surface area contributed by atoms with Crippen molar-refractivity contribution in [2.75, 3.05) is 0 Å². The first-order valence-electron chi connectivity index (χ1n) is 14.2. The van der Waals surface area contributed by atoms with E-state index in [1.54, 1.807) is 32.0 Å². The molecule has 2 aromatic rings. The highest BCUT2D eigenvalue weighted by atomic mass is 19.1. The van der Waals surface area contributed by atoms with Crippen LogP contribution in [0.5, 0.6) is 11.5 Å². The van der Waals surface area contributed by atoms with Crippen molar-refractivity contribution in [1.82, 2.24) is 10.2 Å². The largest absolute Gasteiger partial charge is 0.487 e. The smallest absolute Gasteiger partial charge is 0.251 e. The Morgan fingerprint density at radius 2 is 1.76 bits per heavy atom. The third-order valence-electron chi connectivity index (χ3n) is 8.63. The van der Waals surface area contributed by atoms with Crippen LogP contribution in [0, 0.1) is 5.82 Å². The van der Waals surface area contributed by atoms with E-state index in [1.807, 2.05) is 27.7 Å². The lowest BCUT2D eigenvalue weighted by Gasteiger charge is -2.46. The summed E-state index contributed by atoms with van der Waals surface area (Å²) < 4.78 is 26.6. The molecule has 0 saturated heterocycles. The Kier molecular flexibility index (Phi) is 7.04. The summed E-state index contributed by atoms with van der Waals surface area (Å²) in [6.07, 6.45) is 0.993. The van der Waals surface area contributed by atoms with Crippen molar-refractivity contribution in [3.05, 3.63) is 58.9 Å². The highest BCUT2D eigenvalue weighted by molar-refractivity contribution is 6.00. The first-order chi connectivity index (χ1) is 19.2. The number of hydrogen-bond donors (Lipinski definition) is 3. The lowest BCUT2D eigenvalue weighted by atomic mass is 9.81. The number of hydrogen-bond acceptors (Lipinski definition) is 7. The number of nitrogens with two attached hydrogens (primary N) is 1. The predicted octanol–water partition coefficient (Wildman–Crippen LogP) is 4.54. The van der Waals surface area contributed by atoms with Gasteiger partial charge in [0.2, 0.25) is 5.91 Å². The first kappa shape index (κ1) is 28.9. The summed E-state index contributed by atoms with van der Waals surface area (Å²) in [4.78, 5) is 33.2. The van der Waals surface area contributed by atoms with Crippen LogP contribution in [-0.2, 0) is 4.79 Å². The minimum absolute atomic E-state index is 0.137. The van der Waals surface area contributed by atoms with Gasteiger partial charge in [-0.1, -0.05) is 13.8 Å². The van der Waals surface area contributed by atoms with Crippen molar-refractivity contribution >= 4 is 17.8 Å². The standard InChI is InChI=1S/C31H39FN4O5/c1-7-31(8-2)15-21(36-24(37)16-29(3,4)35-28(36)33)19-13-17(9-11-22(19)41-31)27(39)34-25-20-14-18(32)10-12-23(20)40-30(5,6)26(25)38/h9-14,21,25-26,38H,7-8,15-16H2,1-6H3,(H2,33,35)(H,34,39)/t21-,25-,26+/m1/s1. The zero-order chi connectivity index (χ0) is 29.9. The maximum absolute atomic E-state index is 14.2. The van der Waals surface area contributed by atoms with E-state index in [0.29, 0.717) is 34.6 Å². The van der Waals surface area contributed by atoms with Crippen molar-refractivity contribution in [2.45, 2.75) is 102 Å². The van der Waals surface area contributed by atoms with Crippen molar-refractivity contribution < 1.29 is 28.6 Å². The molecule has 2 amide bonds. The minimum Gasteiger partial charge on any atom is -0.487 e. The van der Waals surface area contributed by atoms with Gasteiger partial charge >= 0.3 is 0 Å². The van der Waals surface area contributed by atoms with Crippen molar-refractivity contribution in [1.29, 1.82) is 0 Å². The van der Waals surface area contributed by atoms with Gasteiger partial charge in [-0.3, -0.25) is 14.5 Å². The number of rotatable bonds is 5. The van der Waals surface area contributed by atoms with Crippen LogP contribution < -0.4 is 20.5 Å². The van der Waals surface area contributed by atoms with Crippen LogP contribution in [0.25, 0.3) is 0 Å². The molecule has 3 aliphatic rings. The summed E-state index contributed by atoms with van der Waals surface area (Å²) in [5.41, 5.74) is 5.55. The van der Waals surface area contributed by atoms with Gasteiger partial charge < -0.3 is 25.6 Å². The third-order valence-corrected chi connectivity index (χ3v) is 8.63. The van der Waals surface area contributed by atoms with Gasteiger partial charge in [-0.25, -0.2) is 9.38 Å². The van der Waals surface area contributed by atoms with Gasteiger partial charge in [0, 0.05) is 23.1 Å². The average molecular weight is 567 g/mol. The van der Waals surface area contributed by atoms with Crippen LogP contribution in [0.3, 0.4) is 0 Å². The lowest BCUT2D eigenvalue weighted by Crippen LogP contribution is -2.54. The number of aliphatic hydroxyl groups excluding tert-OH is 1. The Labute approximate surface area is 239 Å². The summed E-state index contributed by atoms with van der Waals surface area (Å²) in [6.45, 7) is 11.3. The Bertz CT molecular complexity index is 1420. The van der Waals surface area contributed by atoms with Crippen LogP contribution in [0.2, 0.25) is 0 Å². The number of aliphatic imine (C=N–C) groups is 1. The molecule has 220 valence electrons. The molecule has 0 radical (unpaired) electrons. The molecular formula is C31H39FN4O5. The van der Waals surface area contributed by atoms with E-state index in [-0.39, 0.29) is 18.3 Å². The monoisotopic (exact) mass is 566 g/mol. The molecule has 0 spiro atoms. The molecule has 0 saturated carbocycles. The molecule has 5 rings (SSSR count). The van der Waals surface area contributed by atoms with Crippen molar-refractivity contribution in [2.24, 2.45) is 10.7 Å². The molecule has 0 unspecified atom stereocenters. The quantitative estimate of drug-likeness (QED) is 0.488. The fourth-order valence-electron chi connectivity index (χ4n) is 6.17. The molecule has 0 aromatic heterocycles. The maximum Gasteiger partial charge on any atom is 0.251 e. The second-order valence-corrected chi connectivity index (χ2v) is 12.5. The Morgan fingerprint density at radius 1 is 1.10 bits per heavy atom. The van der Waals surface area contributed by atoms with Crippen molar-refractivity contribution in [3.8, 4) is 11.5 Å². The number of halogens is 1. The Balaban J connectivity index is 1.53. The van der Waals surface area contributed by atoms with E-state index in [9.17, 15) is 19.1 Å². The summed E-state index contributed by atoms with van der Waals surface area (Å²) in [7, 11) is 0. The number of carbonyl (C=O) groups excluding carboxylic acids is 2. The second-order valence-electron chi connectivity index (χ2n) is 12.5. The van der Waals surface area contributed by atoms with E-state index in [0.717, 1.165) is 12.8 Å².